The Hall–Kier alpha value is -4.50. The minimum Gasteiger partial charge on any atom is -1.00 e. The predicted octanol–water partition coefficient (Wildman–Crippen LogP) is 2.86. The van der Waals surface area contributed by atoms with Gasteiger partial charge in [0.15, 0.2) is 11.9 Å². The molecule has 10 heteroatoms. The van der Waals surface area contributed by atoms with Crippen LogP contribution in [0.2, 0.25) is 0 Å². The summed E-state index contributed by atoms with van der Waals surface area (Å²) in [4.78, 5) is 37.2. The van der Waals surface area contributed by atoms with Crippen molar-refractivity contribution in [3.63, 3.8) is 0 Å². The van der Waals surface area contributed by atoms with Gasteiger partial charge in [-0.1, -0.05) is 48.0 Å². The second-order valence-electron chi connectivity index (χ2n) is 9.92. The molecule has 5 rings (SSSR count). The Morgan fingerprint density at radius 1 is 0.952 bits per heavy atom. The van der Waals surface area contributed by atoms with Crippen LogP contribution in [0.1, 0.15) is 41.2 Å². The summed E-state index contributed by atoms with van der Waals surface area (Å²) in [6.07, 6.45) is -2.85. The molecule has 0 spiro atoms. The van der Waals surface area contributed by atoms with Gasteiger partial charge >= 0.3 is 6.18 Å². The zero-order valence-corrected chi connectivity index (χ0v) is 23.7. The molecule has 0 aliphatic heterocycles. The third kappa shape index (κ3) is 6.52. The van der Waals surface area contributed by atoms with Gasteiger partial charge in [0, 0.05) is 12.1 Å². The normalized spacial score (nSPS) is 12.0. The molecule has 2 aromatic heterocycles. The van der Waals surface area contributed by atoms with E-state index < -0.39 is 17.8 Å². The minimum atomic E-state index is -4.46. The minimum absolute atomic E-state index is 0. The Morgan fingerprint density at radius 2 is 1.62 bits per heavy atom. The average Bonchev–Trinajstić information content (AvgIpc) is 2.96. The van der Waals surface area contributed by atoms with E-state index in [0.717, 1.165) is 23.4 Å². The number of alkyl halides is 3. The lowest BCUT2D eigenvalue weighted by Crippen LogP contribution is -3.00. The van der Waals surface area contributed by atoms with Crippen LogP contribution in [-0.4, -0.2) is 20.4 Å². The standard InChI is InChI=1S/C32H27F3N4O2.ClH/c1-21-10-16-26(17-11-21)39-30(37-28-9-4-3-8-27(28)31(39)41)22(2)38(20-25-7-5-6-18-36-25)29(40)19-23-12-14-24(15-13-23)32(33,34)35;/h3-18,22H,19-20H2,1-2H3;1H/t22-;/m1./s1. The highest BCUT2D eigenvalue weighted by Gasteiger charge is 2.31. The molecule has 0 bridgehead atoms. The zero-order chi connectivity index (χ0) is 29.1. The molecular weight excluding hydrogens is 565 g/mol. The van der Waals surface area contributed by atoms with Crippen LogP contribution in [0, 0.1) is 6.92 Å². The SMILES string of the molecule is Cc1ccc(-n2c([C@@H](C)N(Cc3cccc[nH+]3)C(=O)Cc3ccc(C(F)(F)F)cc3)nc3ccccc3c2=O)cc1.[Cl-]. The van der Waals surface area contributed by atoms with Crippen molar-refractivity contribution >= 4 is 16.8 Å². The first-order valence-corrected chi connectivity index (χ1v) is 13.1. The number of nitrogens with zero attached hydrogens (tertiary/aromatic N) is 3. The molecule has 0 unspecified atom stereocenters. The first-order chi connectivity index (χ1) is 19.6. The van der Waals surface area contributed by atoms with Crippen molar-refractivity contribution in [2.45, 2.75) is 39.0 Å². The molecule has 0 saturated heterocycles. The fourth-order valence-corrected chi connectivity index (χ4v) is 4.75. The Balaban J connectivity index is 0.00000405. The van der Waals surface area contributed by atoms with Crippen LogP contribution >= 0.6 is 0 Å². The third-order valence-corrected chi connectivity index (χ3v) is 7.01. The molecule has 6 nitrogen and oxygen atoms in total. The van der Waals surface area contributed by atoms with Gasteiger partial charge in [-0.25, -0.2) is 9.97 Å². The van der Waals surface area contributed by atoms with Crippen molar-refractivity contribution in [1.29, 1.82) is 0 Å². The van der Waals surface area contributed by atoms with Crippen LogP contribution in [0.3, 0.4) is 0 Å². The van der Waals surface area contributed by atoms with Crippen molar-refractivity contribution in [3.05, 3.63) is 136 Å². The molecule has 0 aliphatic carbocycles. The molecule has 5 aromatic rings. The number of para-hydroxylation sites is 1. The van der Waals surface area contributed by atoms with E-state index in [1.165, 1.54) is 16.7 Å². The van der Waals surface area contributed by atoms with Crippen LogP contribution in [0.5, 0.6) is 0 Å². The molecule has 3 aromatic carbocycles. The fraction of sp³-hybridized carbons (Fsp3) is 0.188. The number of halogens is 4. The smallest absolute Gasteiger partial charge is 0.416 e. The van der Waals surface area contributed by atoms with E-state index in [4.69, 9.17) is 4.98 Å². The van der Waals surface area contributed by atoms with Gasteiger partial charge in [-0.15, -0.1) is 0 Å². The number of rotatable bonds is 7. The largest absolute Gasteiger partial charge is 1.00 e. The summed E-state index contributed by atoms with van der Waals surface area (Å²) in [5, 5.41) is 0.447. The van der Waals surface area contributed by atoms with Crippen LogP contribution < -0.4 is 23.0 Å². The van der Waals surface area contributed by atoms with Crippen molar-refractivity contribution in [1.82, 2.24) is 14.5 Å². The summed E-state index contributed by atoms with van der Waals surface area (Å²) in [6, 6.07) is 23.9. The maximum absolute atomic E-state index is 13.8. The average molecular weight is 593 g/mol. The molecule has 0 radical (unpaired) electrons. The molecule has 2 heterocycles. The number of carbonyl (C=O) groups excluding carboxylic acids is 1. The van der Waals surface area contributed by atoms with Crippen LogP contribution in [0.4, 0.5) is 13.2 Å². The van der Waals surface area contributed by atoms with Crippen LogP contribution in [0.15, 0.2) is 102 Å². The second-order valence-corrected chi connectivity index (χ2v) is 9.92. The Labute approximate surface area is 246 Å². The van der Waals surface area contributed by atoms with Gasteiger partial charge < -0.3 is 17.3 Å². The number of benzene rings is 3. The highest BCUT2D eigenvalue weighted by Crippen LogP contribution is 2.30. The number of aryl methyl sites for hydroxylation is 1. The van der Waals surface area contributed by atoms with E-state index in [1.807, 2.05) is 49.4 Å². The number of fused-ring (bicyclic) bond motifs is 1. The number of H-pyrrole nitrogens is 1. The number of carbonyl (C=O) groups is 1. The number of hydrogen-bond acceptors (Lipinski definition) is 3. The number of amides is 1. The molecule has 0 fully saturated rings. The molecule has 216 valence electrons. The highest BCUT2D eigenvalue weighted by atomic mass is 35.5. The summed E-state index contributed by atoms with van der Waals surface area (Å²) in [6.45, 7) is 3.92. The lowest BCUT2D eigenvalue weighted by molar-refractivity contribution is -0.392. The first-order valence-electron chi connectivity index (χ1n) is 13.1. The fourth-order valence-electron chi connectivity index (χ4n) is 4.75. The van der Waals surface area contributed by atoms with Crippen molar-refractivity contribution in [2.24, 2.45) is 0 Å². The number of pyridine rings is 1. The van der Waals surface area contributed by atoms with Gasteiger partial charge in [-0.05, 0) is 55.8 Å². The summed E-state index contributed by atoms with van der Waals surface area (Å²) in [5.74, 6) is 0.0432. The molecule has 1 atom stereocenters. The van der Waals surface area contributed by atoms with Crippen LogP contribution in [-0.2, 0) is 23.9 Å². The maximum atomic E-state index is 13.8. The van der Waals surface area contributed by atoms with Crippen molar-refractivity contribution in [3.8, 4) is 5.69 Å². The van der Waals surface area contributed by atoms with Gasteiger partial charge in [-0.2, -0.15) is 13.2 Å². The molecular formula is C32H28ClF3N4O2. The van der Waals surface area contributed by atoms with E-state index in [-0.39, 0.29) is 36.8 Å². The highest BCUT2D eigenvalue weighted by molar-refractivity contribution is 5.80. The molecule has 1 N–H and O–H groups in total. The summed E-state index contributed by atoms with van der Waals surface area (Å²) >= 11 is 0. The summed E-state index contributed by atoms with van der Waals surface area (Å²) in [7, 11) is 0. The van der Waals surface area contributed by atoms with E-state index in [1.54, 1.807) is 42.3 Å². The number of aromatic amines is 1. The van der Waals surface area contributed by atoms with Gasteiger partial charge in [-0.3, -0.25) is 14.2 Å². The number of aromatic nitrogens is 3. The lowest BCUT2D eigenvalue weighted by Gasteiger charge is -2.29. The van der Waals surface area contributed by atoms with E-state index >= 15 is 0 Å². The molecule has 42 heavy (non-hydrogen) atoms. The number of hydrogen-bond donors (Lipinski definition) is 0. The predicted molar refractivity (Wildman–Crippen MR) is 149 cm³/mol. The topological polar surface area (TPSA) is 69.3 Å². The second kappa shape index (κ2) is 12.6. The summed E-state index contributed by atoms with van der Waals surface area (Å²) < 4.78 is 40.8. The van der Waals surface area contributed by atoms with Gasteiger partial charge in [0.05, 0.1) is 34.6 Å². The van der Waals surface area contributed by atoms with Gasteiger partial charge in [0.1, 0.15) is 12.4 Å². The van der Waals surface area contributed by atoms with E-state index in [0.29, 0.717) is 28.0 Å². The van der Waals surface area contributed by atoms with E-state index in [2.05, 4.69) is 4.98 Å². The molecule has 0 saturated carbocycles. The van der Waals surface area contributed by atoms with Crippen molar-refractivity contribution < 1.29 is 35.4 Å². The quantitative estimate of drug-likeness (QED) is 0.292. The molecule has 0 aliphatic rings. The summed E-state index contributed by atoms with van der Waals surface area (Å²) in [5.41, 5.74) is 2.29. The van der Waals surface area contributed by atoms with Crippen molar-refractivity contribution in [2.75, 3.05) is 0 Å². The first kappa shape index (κ1) is 30.5. The monoisotopic (exact) mass is 592 g/mol. The maximum Gasteiger partial charge on any atom is 0.416 e. The van der Waals surface area contributed by atoms with Gasteiger partial charge in [0.25, 0.3) is 5.56 Å². The van der Waals surface area contributed by atoms with Gasteiger partial charge in [0.2, 0.25) is 5.91 Å². The Morgan fingerprint density at radius 3 is 2.26 bits per heavy atom. The van der Waals surface area contributed by atoms with E-state index in [9.17, 15) is 22.8 Å². The van der Waals surface area contributed by atoms with Crippen LogP contribution in [0.25, 0.3) is 16.6 Å². The third-order valence-electron chi connectivity index (χ3n) is 7.01. The lowest BCUT2D eigenvalue weighted by atomic mass is 10.1. The Bertz CT molecular complexity index is 1740. The number of nitrogens with one attached hydrogen (secondary N) is 1. The zero-order valence-electron chi connectivity index (χ0n) is 22.9. The Kier molecular flexibility index (Phi) is 9.11. The molecule has 1 amide bonds.